The molecule has 0 bridgehead atoms. The van der Waals surface area contributed by atoms with Crippen molar-refractivity contribution in [1.82, 2.24) is 9.97 Å². The molecule has 2 rings (SSSR count). The quantitative estimate of drug-likeness (QED) is 0.765. The zero-order valence-electron chi connectivity index (χ0n) is 9.37. The van der Waals surface area contributed by atoms with Crippen LogP contribution in [0.1, 0.15) is 11.1 Å². The van der Waals surface area contributed by atoms with Crippen molar-refractivity contribution in [3.8, 4) is 11.6 Å². The fourth-order valence-electron chi connectivity index (χ4n) is 1.42. The fourth-order valence-corrected chi connectivity index (χ4v) is 1.55. The molecule has 0 saturated heterocycles. The summed E-state index contributed by atoms with van der Waals surface area (Å²) in [5.74, 6) is -0.268. The van der Waals surface area contributed by atoms with Gasteiger partial charge in [-0.3, -0.25) is 0 Å². The maximum atomic E-state index is 13.4. The van der Waals surface area contributed by atoms with Crippen LogP contribution in [0.3, 0.4) is 0 Å². The first-order valence-electron chi connectivity index (χ1n) is 4.99. The van der Waals surface area contributed by atoms with Gasteiger partial charge in [0.1, 0.15) is 5.75 Å². The van der Waals surface area contributed by atoms with E-state index in [1.54, 1.807) is 6.07 Å². The summed E-state index contributed by atoms with van der Waals surface area (Å²) < 4.78 is 18.7. The Morgan fingerprint density at radius 2 is 2.06 bits per heavy atom. The third-order valence-electron chi connectivity index (χ3n) is 2.22. The molecule has 5 heteroatoms. The molecule has 3 nitrogen and oxygen atoms in total. The van der Waals surface area contributed by atoms with E-state index in [4.69, 9.17) is 16.3 Å². The summed E-state index contributed by atoms with van der Waals surface area (Å²) in [7, 11) is 0. The molecule has 0 unspecified atom stereocenters. The van der Waals surface area contributed by atoms with E-state index in [9.17, 15) is 4.39 Å². The predicted molar refractivity (Wildman–Crippen MR) is 63.0 cm³/mol. The highest BCUT2D eigenvalue weighted by atomic mass is 35.5. The van der Waals surface area contributed by atoms with Gasteiger partial charge in [-0.15, -0.1) is 0 Å². The van der Waals surface area contributed by atoms with Crippen molar-refractivity contribution in [2.45, 2.75) is 13.8 Å². The van der Waals surface area contributed by atoms with Crippen LogP contribution in [0.5, 0.6) is 11.6 Å². The van der Waals surface area contributed by atoms with E-state index in [1.165, 1.54) is 0 Å². The van der Waals surface area contributed by atoms with Crippen molar-refractivity contribution in [2.75, 3.05) is 0 Å². The Kier molecular flexibility index (Phi) is 3.24. The van der Waals surface area contributed by atoms with Gasteiger partial charge in [-0.2, -0.15) is 9.37 Å². The van der Waals surface area contributed by atoms with Crippen LogP contribution >= 0.6 is 11.6 Å². The van der Waals surface area contributed by atoms with Crippen molar-refractivity contribution in [1.29, 1.82) is 0 Å². The minimum Gasteiger partial charge on any atom is -0.436 e. The van der Waals surface area contributed by atoms with E-state index in [1.807, 2.05) is 26.0 Å². The molecule has 0 spiro atoms. The molecule has 0 aliphatic carbocycles. The lowest BCUT2D eigenvalue weighted by Crippen LogP contribution is -1.96. The Bertz CT molecular complexity index is 560. The number of halogens is 2. The molecule has 0 saturated carbocycles. The van der Waals surface area contributed by atoms with Crippen LogP contribution < -0.4 is 4.74 Å². The Morgan fingerprint density at radius 3 is 2.76 bits per heavy atom. The summed E-state index contributed by atoms with van der Waals surface area (Å²) in [6.45, 7) is 3.85. The molecule has 0 aliphatic heterocycles. The molecular formula is C12H10ClFN2O. The number of ether oxygens (including phenoxy) is 1. The predicted octanol–water partition coefficient (Wildman–Crippen LogP) is 3.68. The lowest BCUT2D eigenvalue weighted by molar-refractivity contribution is 0.417. The summed E-state index contributed by atoms with van der Waals surface area (Å²) in [6, 6.07) is 5.58. The first-order valence-corrected chi connectivity index (χ1v) is 5.37. The first-order chi connectivity index (χ1) is 8.06. The average Bonchev–Trinajstić information content (AvgIpc) is 2.27. The van der Waals surface area contributed by atoms with Gasteiger partial charge in [0.25, 0.3) is 5.88 Å². The normalized spacial score (nSPS) is 10.4. The Labute approximate surface area is 103 Å². The van der Waals surface area contributed by atoms with Gasteiger partial charge in [-0.1, -0.05) is 17.7 Å². The fraction of sp³-hybridized carbons (Fsp3) is 0.167. The van der Waals surface area contributed by atoms with Crippen LogP contribution in [0.2, 0.25) is 5.28 Å². The van der Waals surface area contributed by atoms with Gasteiger partial charge in [-0.25, -0.2) is 4.98 Å². The molecule has 1 heterocycles. The molecule has 88 valence electrons. The molecule has 17 heavy (non-hydrogen) atoms. The molecule has 0 radical (unpaired) electrons. The minimum absolute atomic E-state index is 0.0498. The summed E-state index contributed by atoms with van der Waals surface area (Å²) in [5, 5.41) is -0.0498. The summed E-state index contributed by atoms with van der Waals surface area (Å²) in [5.41, 5.74) is 2.01. The van der Waals surface area contributed by atoms with Gasteiger partial charge in [0, 0.05) is 0 Å². The van der Waals surface area contributed by atoms with Crippen LogP contribution in [0, 0.1) is 19.7 Å². The highest BCUT2D eigenvalue weighted by Gasteiger charge is 2.09. The largest absolute Gasteiger partial charge is 0.436 e. The van der Waals surface area contributed by atoms with Gasteiger partial charge in [0.2, 0.25) is 11.1 Å². The summed E-state index contributed by atoms with van der Waals surface area (Å²) >= 11 is 5.58. The van der Waals surface area contributed by atoms with Gasteiger partial charge in [-0.05, 0) is 37.1 Å². The summed E-state index contributed by atoms with van der Waals surface area (Å²) in [6.07, 6.45) is 0.980. The van der Waals surface area contributed by atoms with Crippen molar-refractivity contribution in [3.05, 3.63) is 46.6 Å². The van der Waals surface area contributed by atoms with Gasteiger partial charge in [0.15, 0.2) is 0 Å². The van der Waals surface area contributed by atoms with Crippen molar-refractivity contribution >= 4 is 11.6 Å². The molecule has 1 aromatic heterocycles. The van der Waals surface area contributed by atoms with Crippen LogP contribution in [-0.4, -0.2) is 9.97 Å². The lowest BCUT2D eigenvalue weighted by Gasteiger charge is -2.08. The molecule has 1 aromatic carbocycles. The Morgan fingerprint density at radius 1 is 1.29 bits per heavy atom. The topological polar surface area (TPSA) is 35.0 Å². The van der Waals surface area contributed by atoms with Crippen molar-refractivity contribution in [2.24, 2.45) is 0 Å². The molecule has 0 N–H and O–H groups in total. The maximum Gasteiger partial charge on any atom is 0.260 e. The molecular weight excluding hydrogens is 243 g/mol. The van der Waals surface area contributed by atoms with E-state index >= 15 is 0 Å². The first kappa shape index (κ1) is 11.8. The van der Waals surface area contributed by atoms with Gasteiger partial charge in [0.05, 0.1) is 6.20 Å². The molecule has 0 atom stereocenters. The molecule has 2 aromatic rings. The van der Waals surface area contributed by atoms with E-state index in [0.29, 0.717) is 5.75 Å². The smallest absolute Gasteiger partial charge is 0.260 e. The van der Waals surface area contributed by atoms with E-state index < -0.39 is 5.82 Å². The van der Waals surface area contributed by atoms with Gasteiger partial charge >= 0.3 is 0 Å². The average molecular weight is 253 g/mol. The number of rotatable bonds is 2. The number of aryl methyl sites for hydroxylation is 2. The molecule has 0 amide bonds. The third kappa shape index (κ3) is 2.71. The standard InChI is InChI=1S/C12H10ClFN2O/c1-7-3-4-10(8(2)5-7)17-11-9(14)6-15-12(13)16-11/h3-6H,1-2H3. The zero-order chi connectivity index (χ0) is 12.4. The van der Waals surface area contributed by atoms with E-state index in [2.05, 4.69) is 9.97 Å². The van der Waals surface area contributed by atoms with Gasteiger partial charge < -0.3 is 4.74 Å². The number of benzene rings is 1. The number of aromatic nitrogens is 2. The zero-order valence-corrected chi connectivity index (χ0v) is 10.1. The Hall–Kier alpha value is -1.68. The number of hydrogen-bond acceptors (Lipinski definition) is 3. The Balaban J connectivity index is 2.34. The second-order valence-corrected chi connectivity index (χ2v) is 4.00. The highest BCUT2D eigenvalue weighted by Crippen LogP contribution is 2.26. The van der Waals surface area contributed by atoms with Crippen LogP contribution in [-0.2, 0) is 0 Å². The van der Waals surface area contributed by atoms with E-state index in [-0.39, 0.29) is 11.2 Å². The maximum absolute atomic E-state index is 13.4. The minimum atomic E-state index is -0.644. The van der Waals surface area contributed by atoms with Crippen molar-refractivity contribution in [3.63, 3.8) is 0 Å². The number of nitrogens with zero attached hydrogens (tertiary/aromatic N) is 2. The SMILES string of the molecule is Cc1ccc(Oc2nc(Cl)ncc2F)c(C)c1. The molecule has 0 aliphatic rings. The summed E-state index contributed by atoms with van der Waals surface area (Å²) in [4.78, 5) is 7.21. The second kappa shape index (κ2) is 4.67. The van der Waals surface area contributed by atoms with Crippen LogP contribution in [0.15, 0.2) is 24.4 Å². The lowest BCUT2D eigenvalue weighted by atomic mass is 10.1. The van der Waals surface area contributed by atoms with Crippen LogP contribution in [0.4, 0.5) is 4.39 Å². The molecule has 0 fully saturated rings. The third-order valence-corrected chi connectivity index (χ3v) is 2.40. The highest BCUT2D eigenvalue weighted by molar-refractivity contribution is 6.28. The van der Waals surface area contributed by atoms with Crippen molar-refractivity contribution < 1.29 is 9.13 Å². The second-order valence-electron chi connectivity index (χ2n) is 3.66. The van der Waals surface area contributed by atoms with E-state index in [0.717, 1.165) is 17.3 Å². The monoisotopic (exact) mass is 252 g/mol. The van der Waals surface area contributed by atoms with Crippen LogP contribution in [0.25, 0.3) is 0 Å². The number of hydrogen-bond donors (Lipinski definition) is 0.